The van der Waals surface area contributed by atoms with Crippen molar-refractivity contribution in [2.45, 2.75) is 46.7 Å². The van der Waals surface area contributed by atoms with E-state index in [0.717, 1.165) is 38.5 Å². The Bertz CT molecular complexity index is 304. The van der Waals surface area contributed by atoms with Gasteiger partial charge in [-0.2, -0.15) is 0 Å². The first kappa shape index (κ1) is 14.0. The van der Waals surface area contributed by atoms with E-state index in [9.17, 15) is 0 Å². The molecule has 0 saturated heterocycles. The number of aryl methyl sites for hydroxylation is 1. The van der Waals surface area contributed by atoms with Gasteiger partial charge >= 0.3 is 0 Å². The molecule has 1 aromatic heterocycles. The summed E-state index contributed by atoms with van der Waals surface area (Å²) in [6.45, 7) is 13.1. The molecule has 4 nitrogen and oxygen atoms in total. The number of hydrogen-bond donors (Lipinski definition) is 1. The van der Waals surface area contributed by atoms with Crippen molar-refractivity contribution in [3.8, 4) is 0 Å². The number of nitrogens with zero attached hydrogens (tertiary/aromatic N) is 3. The van der Waals surface area contributed by atoms with Gasteiger partial charge in [-0.3, -0.25) is 0 Å². The lowest BCUT2D eigenvalue weighted by Gasteiger charge is -2.24. The van der Waals surface area contributed by atoms with E-state index in [-0.39, 0.29) is 0 Å². The van der Waals surface area contributed by atoms with Crippen molar-refractivity contribution in [1.29, 1.82) is 0 Å². The van der Waals surface area contributed by atoms with E-state index in [2.05, 4.69) is 47.5 Å². The quantitative estimate of drug-likeness (QED) is 0.755. The average molecular weight is 238 g/mol. The summed E-state index contributed by atoms with van der Waals surface area (Å²) in [5.74, 6) is 0.992. The zero-order valence-electron chi connectivity index (χ0n) is 11.6. The van der Waals surface area contributed by atoms with Crippen LogP contribution in [0.3, 0.4) is 0 Å². The van der Waals surface area contributed by atoms with Crippen LogP contribution in [0.1, 0.15) is 34.1 Å². The molecule has 17 heavy (non-hydrogen) atoms. The molecule has 0 aliphatic carbocycles. The summed E-state index contributed by atoms with van der Waals surface area (Å²) >= 11 is 0. The molecule has 1 atom stereocenters. The monoisotopic (exact) mass is 238 g/mol. The number of likely N-dealkylation sites (N-methyl/N-ethyl adjacent to an activating group) is 1. The highest BCUT2D eigenvalue weighted by atomic mass is 15.2. The van der Waals surface area contributed by atoms with Crippen LogP contribution >= 0.6 is 0 Å². The van der Waals surface area contributed by atoms with Crippen molar-refractivity contribution in [2.24, 2.45) is 0 Å². The van der Waals surface area contributed by atoms with Gasteiger partial charge < -0.3 is 14.8 Å². The molecule has 1 N–H and O–H groups in total. The smallest absolute Gasteiger partial charge is 0.203 e. The number of rotatable bonds is 8. The fourth-order valence-electron chi connectivity index (χ4n) is 2.01. The molecule has 0 fully saturated rings. The third-order valence-electron chi connectivity index (χ3n) is 2.98. The molecular formula is C13H26N4. The number of hydrogen-bond acceptors (Lipinski definition) is 3. The van der Waals surface area contributed by atoms with Gasteiger partial charge in [0.1, 0.15) is 0 Å². The Labute approximate surface area is 105 Å². The van der Waals surface area contributed by atoms with Crippen molar-refractivity contribution in [2.75, 3.05) is 25.0 Å². The lowest BCUT2D eigenvalue weighted by atomic mass is 10.3. The van der Waals surface area contributed by atoms with E-state index >= 15 is 0 Å². The molecule has 98 valence electrons. The Balaban J connectivity index is 2.49. The van der Waals surface area contributed by atoms with Gasteiger partial charge in [-0.25, -0.2) is 4.98 Å². The molecule has 0 radical (unpaired) electrons. The second-order valence-electron chi connectivity index (χ2n) is 4.48. The maximum Gasteiger partial charge on any atom is 0.203 e. The topological polar surface area (TPSA) is 33.1 Å². The average Bonchev–Trinajstić information content (AvgIpc) is 2.74. The number of imidazole rings is 1. The van der Waals surface area contributed by atoms with E-state index in [4.69, 9.17) is 0 Å². The molecule has 0 aliphatic rings. The van der Waals surface area contributed by atoms with Crippen LogP contribution in [-0.2, 0) is 6.54 Å². The minimum Gasteiger partial charge on any atom is -0.352 e. The largest absolute Gasteiger partial charge is 0.352 e. The van der Waals surface area contributed by atoms with Crippen molar-refractivity contribution in [3.63, 3.8) is 0 Å². The Kier molecular flexibility index (Phi) is 6.05. The van der Waals surface area contributed by atoms with Crippen LogP contribution in [-0.4, -0.2) is 40.1 Å². The van der Waals surface area contributed by atoms with Gasteiger partial charge in [0.25, 0.3) is 0 Å². The predicted molar refractivity (Wildman–Crippen MR) is 73.4 cm³/mol. The number of anilines is 1. The van der Waals surface area contributed by atoms with E-state index < -0.39 is 0 Å². The molecule has 1 aromatic rings. The lowest BCUT2D eigenvalue weighted by Crippen LogP contribution is -2.35. The zero-order chi connectivity index (χ0) is 12.7. The molecule has 0 saturated carbocycles. The van der Waals surface area contributed by atoms with Crippen molar-refractivity contribution in [1.82, 2.24) is 14.5 Å². The normalized spacial score (nSPS) is 13.0. The molecule has 0 aliphatic heterocycles. The summed E-state index contributed by atoms with van der Waals surface area (Å²) in [5.41, 5.74) is 0. The van der Waals surface area contributed by atoms with E-state index in [0.29, 0.717) is 6.04 Å². The summed E-state index contributed by atoms with van der Waals surface area (Å²) < 4.78 is 2.18. The molecule has 0 amide bonds. The Hall–Kier alpha value is -1.03. The number of aromatic nitrogens is 2. The van der Waals surface area contributed by atoms with Crippen molar-refractivity contribution in [3.05, 3.63) is 12.4 Å². The lowest BCUT2D eigenvalue weighted by molar-refractivity contribution is 0.294. The molecular weight excluding hydrogens is 212 g/mol. The van der Waals surface area contributed by atoms with Crippen LogP contribution in [0, 0.1) is 0 Å². The summed E-state index contributed by atoms with van der Waals surface area (Å²) in [7, 11) is 0. The first-order valence-electron chi connectivity index (χ1n) is 6.71. The SMILES string of the molecule is CCCn1ccnc1NC(C)CN(CC)CC. The minimum absolute atomic E-state index is 0.424. The second kappa shape index (κ2) is 7.33. The number of nitrogens with one attached hydrogen (secondary N) is 1. The van der Waals surface area contributed by atoms with Gasteiger partial charge in [0.15, 0.2) is 0 Å². The second-order valence-corrected chi connectivity index (χ2v) is 4.48. The van der Waals surface area contributed by atoms with E-state index in [1.165, 1.54) is 0 Å². The fraction of sp³-hybridized carbons (Fsp3) is 0.769. The van der Waals surface area contributed by atoms with Crippen LogP contribution in [0.25, 0.3) is 0 Å². The minimum atomic E-state index is 0.424. The molecule has 1 rings (SSSR count). The first-order valence-corrected chi connectivity index (χ1v) is 6.71. The van der Waals surface area contributed by atoms with Crippen LogP contribution in [0.4, 0.5) is 5.95 Å². The van der Waals surface area contributed by atoms with Gasteiger partial charge in [0.05, 0.1) is 0 Å². The highest BCUT2D eigenvalue weighted by Crippen LogP contribution is 2.07. The van der Waals surface area contributed by atoms with Gasteiger partial charge in [-0.05, 0) is 26.4 Å². The highest BCUT2D eigenvalue weighted by molar-refractivity contribution is 5.27. The summed E-state index contributed by atoms with van der Waals surface area (Å²) in [4.78, 5) is 6.79. The summed E-state index contributed by atoms with van der Waals surface area (Å²) in [6.07, 6.45) is 5.04. The first-order chi connectivity index (χ1) is 8.21. The molecule has 1 unspecified atom stereocenters. The maximum absolute atomic E-state index is 4.37. The maximum atomic E-state index is 4.37. The third kappa shape index (κ3) is 4.38. The standard InChI is InChI=1S/C13H26N4/c1-5-9-17-10-8-14-13(17)15-12(4)11-16(6-2)7-3/h8,10,12H,5-7,9,11H2,1-4H3,(H,14,15). The van der Waals surface area contributed by atoms with E-state index in [1.54, 1.807) is 0 Å². The highest BCUT2D eigenvalue weighted by Gasteiger charge is 2.09. The Morgan fingerprint density at radius 1 is 1.35 bits per heavy atom. The van der Waals surface area contributed by atoms with Gasteiger partial charge in [0, 0.05) is 31.5 Å². The Morgan fingerprint density at radius 3 is 2.65 bits per heavy atom. The molecule has 4 heteroatoms. The van der Waals surface area contributed by atoms with Crippen LogP contribution < -0.4 is 5.32 Å². The Morgan fingerprint density at radius 2 is 2.06 bits per heavy atom. The molecule has 0 aromatic carbocycles. The van der Waals surface area contributed by atoms with Crippen LogP contribution in [0.15, 0.2) is 12.4 Å². The van der Waals surface area contributed by atoms with Gasteiger partial charge in [-0.1, -0.05) is 20.8 Å². The van der Waals surface area contributed by atoms with Crippen LogP contribution in [0.2, 0.25) is 0 Å². The molecule has 0 spiro atoms. The van der Waals surface area contributed by atoms with Gasteiger partial charge in [-0.15, -0.1) is 0 Å². The van der Waals surface area contributed by atoms with E-state index in [1.807, 2.05) is 12.4 Å². The van der Waals surface area contributed by atoms with Crippen LogP contribution in [0.5, 0.6) is 0 Å². The predicted octanol–water partition coefficient (Wildman–Crippen LogP) is 2.44. The van der Waals surface area contributed by atoms with Crippen molar-refractivity contribution < 1.29 is 0 Å². The molecule has 1 heterocycles. The third-order valence-corrected chi connectivity index (χ3v) is 2.98. The summed E-state index contributed by atoms with van der Waals surface area (Å²) in [6, 6.07) is 0.424. The molecule has 0 bridgehead atoms. The van der Waals surface area contributed by atoms with Crippen molar-refractivity contribution >= 4 is 5.95 Å². The fourth-order valence-corrected chi connectivity index (χ4v) is 2.01. The zero-order valence-corrected chi connectivity index (χ0v) is 11.6. The summed E-state index contributed by atoms with van der Waals surface area (Å²) in [5, 5.41) is 3.48. The van der Waals surface area contributed by atoms with Gasteiger partial charge in [0.2, 0.25) is 5.95 Å².